The second-order valence-electron chi connectivity index (χ2n) is 3.33. The Balaban J connectivity index is 2.08. The van der Waals surface area contributed by atoms with Crippen LogP contribution in [0.4, 0.5) is 18.0 Å². The molecule has 4 nitrogen and oxygen atoms in total. The molecule has 1 aliphatic rings. The standard InChI is InChI=1S/C8H13F3N2O2/c9-8(10,11)2-3-12-7(14)13-6-1-4-15-5-6/h6H,1-5H2,(H2,12,13,14). The van der Waals surface area contributed by atoms with Crippen LogP contribution in [0.2, 0.25) is 0 Å². The maximum Gasteiger partial charge on any atom is 0.390 e. The first-order chi connectivity index (χ1) is 6.97. The van der Waals surface area contributed by atoms with E-state index in [4.69, 9.17) is 4.74 Å². The summed E-state index contributed by atoms with van der Waals surface area (Å²) >= 11 is 0. The van der Waals surface area contributed by atoms with E-state index in [2.05, 4.69) is 10.6 Å². The number of hydrogen-bond acceptors (Lipinski definition) is 2. The van der Waals surface area contributed by atoms with Gasteiger partial charge in [0.15, 0.2) is 0 Å². The molecular weight excluding hydrogens is 213 g/mol. The number of urea groups is 1. The van der Waals surface area contributed by atoms with E-state index in [1.807, 2.05) is 0 Å². The number of carbonyl (C=O) groups is 1. The van der Waals surface area contributed by atoms with Crippen molar-refractivity contribution in [1.29, 1.82) is 0 Å². The van der Waals surface area contributed by atoms with Crippen LogP contribution in [0.15, 0.2) is 0 Å². The van der Waals surface area contributed by atoms with Gasteiger partial charge in [0.1, 0.15) is 0 Å². The molecule has 2 N–H and O–H groups in total. The van der Waals surface area contributed by atoms with E-state index in [1.54, 1.807) is 0 Å². The first-order valence-electron chi connectivity index (χ1n) is 4.66. The minimum absolute atomic E-state index is 0.0871. The van der Waals surface area contributed by atoms with Gasteiger partial charge < -0.3 is 15.4 Å². The molecule has 0 aromatic rings. The van der Waals surface area contributed by atoms with E-state index in [1.165, 1.54) is 0 Å². The average molecular weight is 226 g/mol. The minimum atomic E-state index is -4.23. The third kappa shape index (κ3) is 5.46. The maximum absolute atomic E-state index is 11.7. The van der Waals surface area contributed by atoms with Crippen molar-refractivity contribution in [3.8, 4) is 0 Å². The fourth-order valence-electron chi connectivity index (χ4n) is 1.20. The number of rotatable bonds is 3. The third-order valence-electron chi connectivity index (χ3n) is 1.96. The summed E-state index contributed by atoms with van der Waals surface area (Å²) in [6, 6.07) is -0.661. The lowest BCUT2D eigenvalue weighted by Gasteiger charge is -2.12. The number of halogens is 3. The topological polar surface area (TPSA) is 50.4 Å². The lowest BCUT2D eigenvalue weighted by Crippen LogP contribution is -2.43. The van der Waals surface area contributed by atoms with Gasteiger partial charge in [-0.15, -0.1) is 0 Å². The van der Waals surface area contributed by atoms with Crippen molar-refractivity contribution in [2.75, 3.05) is 19.8 Å². The number of carbonyl (C=O) groups excluding carboxylic acids is 1. The van der Waals surface area contributed by atoms with E-state index in [0.29, 0.717) is 19.6 Å². The summed E-state index contributed by atoms with van der Waals surface area (Å²) in [7, 11) is 0. The van der Waals surface area contributed by atoms with Gasteiger partial charge in [0.05, 0.1) is 19.1 Å². The summed E-state index contributed by atoms with van der Waals surface area (Å²) in [6.45, 7) is 0.600. The lowest BCUT2D eigenvalue weighted by atomic mass is 10.3. The first kappa shape index (κ1) is 12.1. The van der Waals surface area contributed by atoms with E-state index < -0.39 is 25.2 Å². The highest BCUT2D eigenvalue weighted by molar-refractivity contribution is 5.74. The lowest BCUT2D eigenvalue weighted by molar-refractivity contribution is -0.132. The molecule has 7 heteroatoms. The van der Waals surface area contributed by atoms with Gasteiger partial charge in [0.25, 0.3) is 0 Å². The Morgan fingerprint density at radius 1 is 1.47 bits per heavy atom. The first-order valence-corrected chi connectivity index (χ1v) is 4.66. The molecular formula is C8H13F3N2O2. The Bertz CT molecular complexity index is 214. The Labute approximate surface area is 85.2 Å². The van der Waals surface area contributed by atoms with Crippen LogP contribution in [0.1, 0.15) is 12.8 Å². The Kier molecular flexibility index (Phi) is 4.19. The molecule has 2 amide bonds. The van der Waals surface area contributed by atoms with Crippen molar-refractivity contribution in [2.24, 2.45) is 0 Å². The minimum Gasteiger partial charge on any atom is -0.379 e. The van der Waals surface area contributed by atoms with Crippen LogP contribution in [0.5, 0.6) is 0 Å². The molecule has 0 spiro atoms. The van der Waals surface area contributed by atoms with Crippen molar-refractivity contribution < 1.29 is 22.7 Å². The van der Waals surface area contributed by atoms with Crippen LogP contribution in [0.3, 0.4) is 0 Å². The highest BCUT2D eigenvalue weighted by Gasteiger charge is 2.26. The Morgan fingerprint density at radius 3 is 2.73 bits per heavy atom. The molecule has 0 saturated carbocycles. The zero-order valence-corrected chi connectivity index (χ0v) is 8.06. The largest absolute Gasteiger partial charge is 0.390 e. The number of alkyl halides is 3. The van der Waals surface area contributed by atoms with Crippen molar-refractivity contribution in [3.05, 3.63) is 0 Å². The van der Waals surface area contributed by atoms with Crippen LogP contribution in [-0.4, -0.2) is 38.0 Å². The van der Waals surface area contributed by atoms with Gasteiger partial charge in [0.2, 0.25) is 0 Å². The van der Waals surface area contributed by atoms with E-state index >= 15 is 0 Å². The van der Waals surface area contributed by atoms with E-state index in [-0.39, 0.29) is 6.04 Å². The molecule has 1 saturated heterocycles. The maximum atomic E-state index is 11.7. The molecule has 88 valence electrons. The van der Waals surface area contributed by atoms with Crippen LogP contribution >= 0.6 is 0 Å². The quantitative estimate of drug-likeness (QED) is 0.755. The predicted molar refractivity (Wildman–Crippen MR) is 46.4 cm³/mol. The number of amides is 2. The molecule has 0 bridgehead atoms. The number of nitrogens with one attached hydrogen (secondary N) is 2. The highest BCUT2D eigenvalue weighted by Crippen LogP contribution is 2.18. The van der Waals surface area contributed by atoms with Crippen molar-refractivity contribution >= 4 is 6.03 Å². The average Bonchev–Trinajstić information content (AvgIpc) is 2.54. The fraction of sp³-hybridized carbons (Fsp3) is 0.875. The van der Waals surface area contributed by atoms with Gasteiger partial charge in [-0.05, 0) is 6.42 Å². The van der Waals surface area contributed by atoms with Crippen LogP contribution in [0.25, 0.3) is 0 Å². The van der Waals surface area contributed by atoms with Gasteiger partial charge in [0, 0.05) is 13.2 Å². The summed E-state index contributed by atoms with van der Waals surface area (Å²) in [6.07, 6.45) is -4.54. The molecule has 15 heavy (non-hydrogen) atoms. The van der Waals surface area contributed by atoms with E-state index in [0.717, 1.165) is 0 Å². The normalized spacial score (nSPS) is 21.4. The van der Waals surface area contributed by atoms with Crippen molar-refractivity contribution in [2.45, 2.75) is 25.1 Å². The van der Waals surface area contributed by atoms with Gasteiger partial charge in [-0.2, -0.15) is 13.2 Å². The smallest absolute Gasteiger partial charge is 0.379 e. The molecule has 0 radical (unpaired) electrons. The van der Waals surface area contributed by atoms with Gasteiger partial charge >= 0.3 is 12.2 Å². The summed E-state index contributed by atoms with van der Waals surface area (Å²) in [4.78, 5) is 11.0. The SMILES string of the molecule is O=C(NCCC(F)(F)F)NC1CCOC1. The zero-order valence-electron chi connectivity index (χ0n) is 8.06. The molecule has 1 heterocycles. The molecule has 1 unspecified atom stereocenters. The molecule has 1 rings (SSSR count). The van der Waals surface area contributed by atoms with Crippen molar-refractivity contribution in [1.82, 2.24) is 10.6 Å². The second kappa shape index (κ2) is 5.20. The molecule has 1 atom stereocenters. The molecule has 0 aliphatic carbocycles. The van der Waals surface area contributed by atoms with E-state index in [9.17, 15) is 18.0 Å². The van der Waals surface area contributed by atoms with Gasteiger partial charge in [-0.3, -0.25) is 0 Å². The summed E-state index contributed by atoms with van der Waals surface area (Å²) in [5, 5.41) is 4.66. The number of ether oxygens (including phenoxy) is 1. The highest BCUT2D eigenvalue weighted by atomic mass is 19.4. The fourth-order valence-corrected chi connectivity index (χ4v) is 1.20. The van der Waals surface area contributed by atoms with Gasteiger partial charge in [-0.25, -0.2) is 4.79 Å². The van der Waals surface area contributed by atoms with Gasteiger partial charge in [-0.1, -0.05) is 0 Å². The Morgan fingerprint density at radius 2 is 2.20 bits per heavy atom. The Hall–Kier alpha value is -0.980. The second-order valence-corrected chi connectivity index (χ2v) is 3.33. The van der Waals surface area contributed by atoms with Crippen molar-refractivity contribution in [3.63, 3.8) is 0 Å². The molecule has 0 aromatic heterocycles. The van der Waals surface area contributed by atoms with Crippen LogP contribution in [0, 0.1) is 0 Å². The molecule has 1 aliphatic heterocycles. The summed E-state index contributed by atoms with van der Waals surface area (Å²) in [5.41, 5.74) is 0. The monoisotopic (exact) mass is 226 g/mol. The molecule has 1 fully saturated rings. The molecule has 0 aromatic carbocycles. The zero-order chi connectivity index (χ0) is 11.3. The summed E-state index contributed by atoms with van der Waals surface area (Å²) < 4.78 is 40.2. The van der Waals surface area contributed by atoms with Crippen LogP contribution in [-0.2, 0) is 4.74 Å². The third-order valence-corrected chi connectivity index (χ3v) is 1.96. The number of hydrogen-bond donors (Lipinski definition) is 2. The predicted octanol–water partition coefficient (Wildman–Crippen LogP) is 1.03. The summed E-state index contributed by atoms with van der Waals surface area (Å²) in [5.74, 6) is 0. The van der Waals surface area contributed by atoms with Crippen LogP contribution < -0.4 is 10.6 Å².